The van der Waals surface area contributed by atoms with Gasteiger partial charge in [0.15, 0.2) is 0 Å². The summed E-state index contributed by atoms with van der Waals surface area (Å²) in [5.74, 6) is -0.830. The molecule has 0 amide bonds. The van der Waals surface area contributed by atoms with Crippen molar-refractivity contribution in [1.82, 2.24) is 14.9 Å². The third kappa shape index (κ3) is 3.26. The maximum absolute atomic E-state index is 13.5. The van der Waals surface area contributed by atoms with Crippen molar-refractivity contribution in [3.05, 3.63) is 99.7 Å². The SMILES string of the molecule is C[C@@H]1NC(c2ccc(=O)n(C(F)F)c2)=N[C@]1(c1ccc(F)cc1)c1ccc(F)nc1. The van der Waals surface area contributed by atoms with Gasteiger partial charge in [0.05, 0.1) is 6.04 Å². The van der Waals surface area contributed by atoms with Gasteiger partial charge in [-0.15, -0.1) is 0 Å². The number of nitrogens with zero attached hydrogens (tertiary/aromatic N) is 3. The standard InChI is InChI=1S/C21H16F4N4O/c1-12-21(14-3-6-16(22)7-4-14,15-5-8-17(23)26-10-15)28-19(27-12)13-2-9-18(30)29(11-13)20(24)25/h2-12,20H,1H3,(H,27,28)/t12-,21+/m0/s1. The molecule has 30 heavy (non-hydrogen) atoms. The van der Waals surface area contributed by atoms with Gasteiger partial charge in [0.25, 0.3) is 5.56 Å². The lowest BCUT2D eigenvalue weighted by Gasteiger charge is -2.31. The van der Waals surface area contributed by atoms with Gasteiger partial charge >= 0.3 is 6.55 Å². The fourth-order valence-electron chi connectivity index (χ4n) is 3.66. The molecule has 0 spiro atoms. The van der Waals surface area contributed by atoms with E-state index in [1.165, 1.54) is 36.5 Å². The molecule has 2 aromatic heterocycles. The molecule has 154 valence electrons. The highest BCUT2D eigenvalue weighted by atomic mass is 19.3. The average molecular weight is 416 g/mol. The molecule has 5 nitrogen and oxygen atoms in total. The number of rotatable bonds is 4. The van der Waals surface area contributed by atoms with Crippen molar-refractivity contribution in [2.24, 2.45) is 4.99 Å². The molecule has 0 saturated heterocycles. The highest BCUT2D eigenvalue weighted by Crippen LogP contribution is 2.40. The van der Waals surface area contributed by atoms with Crippen LogP contribution < -0.4 is 10.9 Å². The number of aromatic nitrogens is 2. The van der Waals surface area contributed by atoms with E-state index in [-0.39, 0.29) is 11.4 Å². The lowest BCUT2D eigenvalue weighted by molar-refractivity contribution is 0.0663. The normalized spacial score (nSPS) is 20.9. The van der Waals surface area contributed by atoms with Crippen molar-refractivity contribution in [1.29, 1.82) is 0 Å². The molecular formula is C21H16F4N4O. The van der Waals surface area contributed by atoms with Crippen molar-refractivity contribution in [3.8, 4) is 0 Å². The lowest BCUT2D eigenvalue weighted by atomic mass is 9.79. The zero-order chi connectivity index (χ0) is 21.5. The first kappa shape index (κ1) is 19.8. The highest BCUT2D eigenvalue weighted by Gasteiger charge is 2.45. The Balaban J connectivity index is 1.91. The van der Waals surface area contributed by atoms with Crippen LogP contribution in [0.4, 0.5) is 17.6 Å². The van der Waals surface area contributed by atoms with Gasteiger partial charge in [-0.25, -0.2) is 14.4 Å². The number of nitrogens with one attached hydrogen (secondary N) is 1. The summed E-state index contributed by atoms with van der Waals surface area (Å²) in [6.45, 7) is -1.19. The van der Waals surface area contributed by atoms with Crippen LogP contribution in [0.1, 0.15) is 30.2 Å². The van der Waals surface area contributed by atoms with E-state index in [1.54, 1.807) is 12.1 Å². The summed E-state index contributed by atoms with van der Waals surface area (Å²) in [7, 11) is 0. The molecular weight excluding hydrogens is 400 g/mol. The minimum atomic E-state index is -3.00. The van der Waals surface area contributed by atoms with Gasteiger partial charge in [-0.2, -0.15) is 13.2 Å². The molecule has 0 unspecified atom stereocenters. The van der Waals surface area contributed by atoms with E-state index in [0.717, 1.165) is 12.3 Å². The minimum Gasteiger partial charge on any atom is -0.364 e. The van der Waals surface area contributed by atoms with Crippen molar-refractivity contribution in [2.75, 3.05) is 0 Å². The van der Waals surface area contributed by atoms with Crippen LogP contribution in [0.25, 0.3) is 0 Å². The Morgan fingerprint density at radius 2 is 1.73 bits per heavy atom. The summed E-state index contributed by atoms with van der Waals surface area (Å²) in [5.41, 5.74) is -0.536. The molecule has 9 heteroatoms. The number of alkyl halides is 2. The highest BCUT2D eigenvalue weighted by molar-refractivity contribution is 6.00. The zero-order valence-corrected chi connectivity index (χ0v) is 15.7. The number of pyridine rings is 2. The molecule has 0 radical (unpaired) electrons. The van der Waals surface area contributed by atoms with Gasteiger partial charge in [0.1, 0.15) is 17.2 Å². The van der Waals surface area contributed by atoms with Gasteiger partial charge in [-0.3, -0.25) is 9.36 Å². The molecule has 1 aliphatic rings. The lowest BCUT2D eigenvalue weighted by Crippen LogP contribution is -2.41. The second-order valence-electron chi connectivity index (χ2n) is 6.91. The monoisotopic (exact) mass is 416 g/mol. The molecule has 0 fully saturated rings. The van der Waals surface area contributed by atoms with E-state index in [4.69, 9.17) is 4.99 Å². The number of benzene rings is 1. The first-order valence-electron chi connectivity index (χ1n) is 9.06. The second kappa shape index (κ2) is 7.40. The predicted octanol–water partition coefficient (Wildman–Crippen LogP) is 3.60. The van der Waals surface area contributed by atoms with Gasteiger partial charge in [0.2, 0.25) is 5.95 Å². The molecule has 0 saturated carbocycles. The minimum absolute atomic E-state index is 0.269. The van der Waals surface area contributed by atoms with E-state index in [1.807, 2.05) is 6.92 Å². The van der Waals surface area contributed by atoms with Crippen LogP contribution in [0.5, 0.6) is 0 Å². The Morgan fingerprint density at radius 1 is 1.03 bits per heavy atom. The summed E-state index contributed by atoms with van der Waals surface area (Å²) >= 11 is 0. The number of aliphatic imine (C=N–C) groups is 1. The van der Waals surface area contributed by atoms with Crippen molar-refractivity contribution in [3.63, 3.8) is 0 Å². The second-order valence-corrected chi connectivity index (χ2v) is 6.91. The van der Waals surface area contributed by atoms with Crippen LogP contribution in [0.2, 0.25) is 0 Å². The van der Waals surface area contributed by atoms with E-state index >= 15 is 0 Å². The number of halogens is 4. The molecule has 4 rings (SSSR count). The fraction of sp³-hybridized carbons (Fsp3) is 0.190. The molecule has 0 aliphatic carbocycles. The summed E-state index contributed by atoms with van der Waals surface area (Å²) in [5, 5.41) is 3.15. The van der Waals surface area contributed by atoms with E-state index in [9.17, 15) is 22.4 Å². The Labute approximate surface area is 168 Å². The topological polar surface area (TPSA) is 59.3 Å². The maximum atomic E-state index is 13.5. The summed E-state index contributed by atoms with van der Waals surface area (Å²) in [6.07, 6.45) is 2.36. The molecule has 3 aromatic rings. The van der Waals surface area contributed by atoms with Crippen molar-refractivity contribution in [2.45, 2.75) is 25.1 Å². The molecule has 1 N–H and O–H groups in total. The Hall–Kier alpha value is -3.49. The fourth-order valence-corrected chi connectivity index (χ4v) is 3.66. The summed E-state index contributed by atoms with van der Waals surface area (Å²) < 4.78 is 53.6. The largest absolute Gasteiger partial charge is 0.364 e. The van der Waals surface area contributed by atoms with Crippen LogP contribution in [0, 0.1) is 11.8 Å². The van der Waals surface area contributed by atoms with Crippen molar-refractivity contribution < 1.29 is 17.6 Å². The van der Waals surface area contributed by atoms with Gasteiger partial charge in [-0.05, 0) is 36.8 Å². The molecule has 1 aromatic carbocycles. The van der Waals surface area contributed by atoms with Crippen LogP contribution in [0.3, 0.4) is 0 Å². The van der Waals surface area contributed by atoms with Crippen LogP contribution >= 0.6 is 0 Å². The Bertz CT molecular complexity index is 1110. The predicted molar refractivity (Wildman–Crippen MR) is 102 cm³/mol. The first-order chi connectivity index (χ1) is 14.3. The first-order valence-corrected chi connectivity index (χ1v) is 9.06. The van der Waals surface area contributed by atoms with Gasteiger partial charge in [0, 0.05) is 29.6 Å². The zero-order valence-electron chi connectivity index (χ0n) is 15.7. The van der Waals surface area contributed by atoms with E-state index in [0.29, 0.717) is 15.7 Å². The summed E-state index contributed by atoms with van der Waals surface area (Å²) in [4.78, 5) is 20.1. The Morgan fingerprint density at radius 3 is 2.37 bits per heavy atom. The van der Waals surface area contributed by atoms with Crippen LogP contribution in [-0.2, 0) is 5.54 Å². The van der Waals surface area contributed by atoms with E-state index < -0.39 is 35.5 Å². The van der Waals surface area contributed by atoms with E-state index in [2.05, 4.69) is 10.3 Å². The van der Waals surface area contributed by atoms with Crippen molar-refractivity contribution >= 4 is 5.84 Å². The summed E-state index contributed by atoms with van der Waals surface area (Å²) in [6, 6.07) is 10.4. The molecule has 3 heterocycles. The third-order valence-corrected chi connectivity index (χ3v) is 5.14. The smallest absolute Gasteiger partial charge is 0.321 e. The molecule has 1 aliphatic heterocycles. The van der Waals surface area contributed by atoms with Gasteiger partial charge < -0.3 is 5.32 Å². The number of amidine groups is 1. The van der Waals surface area contributed by atoms with Crippen LogP contribution in [0.15, 0.2) is 70.7 Å². The van der Waals surface area contributed by atoms with Gasteiger partial charge in [-0.1, -0.05) is 18.2 Å². The maximum Gasteiger partial charge on any atom is 0.321 e. The Kier molecular flexibility index (Phi) is 4.89. The number of hydrogen-bond donors (Lipinski definition) is 1. The molecule has 2 atom stereocenters. The average Bonchev–Trinajstić information content (AvgIpc) is 3.07. The quantitative estimate of drug-likeness (QED) is 0.522. The third-order valence-electron chi connectivity index (χ3n) is 5.14. The number of hydrogen-bond acceptors (Lipinski definition) is 4. The molecule has 0 bridgehead atoms. The van der Waals surface area contributed by atoms with Crippen LogP contribution in [-0.4, -0.2) is 21.4 Å².